The van der Waals surface area contributed by atoms with Crippen LogP contribution >= 0.6 is 23.4 Å². The molecule has 0 saturated carbocycles. The Balaban J connectivity index is 1.72. The van der Waals surface area contributed by atoms with Crippen LogP contribution in [0.3, 0.4) is 0 Å². The van der Waals surface area contributed by atoms with Gasteiger partial charge in [-0.25, -0.2) is 0 Å². The van der Waals surface area contributed by atoms with Crippen molar-refractivity contribution in [1.82, 2.24) is 4.90 Å². The van der Waals surface area contributed by atoms with Gasteiger partial charge in [0.15, 0.2) is 0 Å². The summed E-state index contributed by atoms with van der Waals surface area (Å²) in [6.07, 6.45) is 1.65. The van der Waals surface area contributed by atoms with E-state index in [4.69, 9.17) is 11.6 Å². The Morgan fingerprint density at radius 3 is 2.54 bits per heavy atom. The number of nitrogens with one attached hydrogen (secondary N) is 1. The Morgan fingerprint density at radius 2 is 1.83 bits per heavy atom. The Bertz CT molecular complexity index is 818. The molecule has 0 radical (unpaired) electrons. The lowest BCUT2D eigenvalue weighted by molar-refractivity contribution is -0.122. The molecule has 0 spiro atoms. The lowest BCUT2D eigenvalue weighted by atomic mass is 10.2. The van der Waals surface area contributed by atoms with E-state index in [9.17, 15) is 9.59 Å². The minimum atomic E-state index is -0.315. The first-order valence-corrected chi connectivity index (χ1v) is 8.54. The fourth-order valence-electron chi connectivity index (χ4n) is 2.21. The third-order valence-corrected chi connectivity index (χ3v) is 4.81. The van der Waals surface area contributed by atoms with E-state index in [0.29, 0.717) is 9.93 Å². The largest absolute Gasteiger partial charge is 0.367 e. The fraction of sp³-hybridized carbons (Fsp3) is 0.111. The smallest absolute Gasteiger partial charge is 0.295 e. The van der Waals surface area contributed by atoms with Gasteiger partial charge in [0.05, 0.1) is 11.6 Å². The quantitative estimate of drug-likeness (QED) is 0.801. The van der Waals surface area contributed by atoms with Gasteiger partial charge in [0.2, 0.25) is 0 Å². The predicted molar refractivity (Wildman–Crippen MR) is 98.9 cm³/mol. The van der Waals surface area contributed by atoms with Crippen LogP contribution < -0.4 is 5.32 Å². The number of thioether (sulfide) groups is 1. The Labute approximate surface area is 149 Å². The molecule has 1 fully saturated rings. The number of nitrogens with zero attached hydrogens (tertiary/aromatic N) is 1. The predicted octanol–water partition coefficient (Wildman–Crippen LogP) is 4.75. The molecule has 1 aliphatic rings. The molecule has 1 saturated heterocycles. The van der Waals surface area contributed by atoms with Gasteiger partial charge in [0.1, 0.15) is 0 Å². The molecule has 122 valence electrons. The van der Waals surface area contributed by atoms with Crippen LogP contribution in [0.4, 0.5) is 10.5 Å². The number of imide groups is 1. The molecule has 0 unspecified atom stereocenters. The van der Waals surface area contributed by atoms with E-state index in [2.05, 4.69) is 5.32 Å². The minimum Gasteiger partial charge on any atom is -0.367 e. The average Bonchev–Trinajstić information content (AvgIpc) is 2.83. The molecular formula is C18H15ClN2O2S. The van der Waals surface area contributed by atoms with Crippen molar-refractivity contribution in [3.8, 4) is 0 Å². The van der Waals surface area contributed by atoms with E-state index in [-0.39, 0.29) is 17.8 Å². The number of hydrogen-bond acceptors (Lipinski definition) is 4. The van der Waals surface area contributed by atoms with Crippen molar-refractivity contribution in [3.05, 3.63) is 69.6 Å². The second kappa shape index (κ2) is 7.11. The second-order valence-electron chi connectivity index (χ2n) is 5.33. The van der Waals surface area contributed by atoms with Crippen LogP contribution in [0.25, 0.3) is 6.08 Å². The van der Waals surface area contributed by atoms with Gasteiger partial charge in [0.25, 0.3) is 11.1 Å². The van der Waals surface area contributed by atoms with Crippen LogP contribution in [-0.2, 0) is 4.79 Å². The first-order valence-electron chi connectivity index (χ1n) is 7.35. The van der Waals surface area contributed by atoms with Crippen LogP contribution in [0.15, 0.2) is 53.4 Å². The highest BCUT2D eigenvalue weighted by atomic mass is 35.5. The van der Waals surface area contributed by atoms with Crippen LogP contribution in [0.1, 0.15) is 11.1 Å². The summed E-state index contributed by atoms with van der Waals surface area (Å²) in [7, 11) is 0. The average molecular weight is 359 g/mol. The topological polar surface area (TPSA) is 49.4 Å². The van der Waals surface area contributed by atoms with Crippen molar-refractivity contribution in [2.75, 3.05) is 12.0 Å². The van der Waals surface area contributed by atoms with E-state index < -0.39 is 0 Å². The molecule has 2 aromatic rings. The molecule has 4 nitrogen and oxygen atoms in total. The molecule has 1 N–H and O–H groups in total. The molecule has 0 aromatic heterocycles. The number of halogens is 1. The van der Waals surface area contributed by atoms with Crippen LogP contribution in [-0.4, -0.2) is 22.7 Å². The lowest BCUT2D eigenvalue weighted by Crippen LogP contribution is -2.33. The van der Waals surface area contributed by atoms with Crippen molar-refractivity contribution in [3.63, 3.8) is 0 Å². The molecule has 2 aromatic carbocycles. The van der Waals surface area contributed by atoms with Crippen LogP contribution in [0.5, 0.6) is 0 Å². The van der Waals surface area contributed by atoms with E-state index in [0.717, 1.165) is 28.6 Å². The third kappa shape index (κ3) is 3.63. The van der Waals surface area contributed by atoms with Gasteiger partial charge in [0, 0.05) is 10.7 Å². The lowest BCUT2D eigenvalue weighted by Gasteiger charge is -2.14. The monoisotopic (exact) mass is 358 g/mol. The summed E-state index contributed by atoms with van der Waals surface area (Å²) >= 11 is 7.02. The SMILES string of the molecule is Cc1ccc(NCN2C(=O)S/C(=C/c3ccccc3Cl)C2=O)cc1. The van der Waals surface area contributed by atoms with Gasteiger partial charge in [-0.15, -0.1) is 0 Å². The van der Waals surface area contributed by atoms with Crippen molar-refractivity contribution in [2.24, 2.45) is 0 Å². The van der Waals surface area contributed by atoms with E-state index in [1.807, 2.05) is 43.3 Å². The number of carbonyl (C=O) groups is 2. The molecule has 1 heterocycles. The van der Waals surface area contributed by atoms with Gasteiger partial charge in [-0.2, -0.15) is 0 Å². The number of rotatable bonds is 4. The van der Waals surface area contributed by atoms with E-state index >= 15 is 0 Å². The van der Waals surface area contributed by atoms with Crippen LogP contribution in [0.2, 0.25) is 5.02 Å². The molecule has 2 amide bonds. The number of hydrogen-bond donors (Lipinski definition) is 1. The summed E-state index contributed by atoms with van der Waals surface area (Å²) in [4.78, 5) is 26.1. The zero-order valence-corrected chi connectivity index (χ0v) is 14.5. The van der Waals surface area contributed by atoms with Gasteiger partial charge in [-0.3, -0.25) is 14.5 Å². The van der Waals surface area contributed by atoms with E-state index in [1.54, 1.807) is 18.2 Å². The molecule has 0 atom stereocenters. The van der Waals surface area contributed by atoms with Crippen molar-refractivity contribution < 1.29 is 9.59 Å². The molecular weight excluding hydrogens is 344 g/mol. The standard InChI is InChI=1S/C18H15ClN2O2S/c1-12-6-8-14(9-7-12)20-11-21-17(22)16(24-18(21)23)10-13-4-2-3-5-15(13)19/h2-10,20H,11H2,1H3/b16-10+. The molecule has 24 heavy (non-hydrogen) atoms. The highest BCUT2D eigenvalue weighted by Crippen LogP contribution is 2.33. The minimum absolute atomic E-state index is 0.133. The first-order chi connectivity index (χ1) is 11.5. The van der Waals surface area contributed by atoms with Gasteiger partial charge in [-0.05, 0) is 48.5 Å². The molecule has 3 rings (SSSR count). The Morgan fingerprint density at radius 1 is 1.12 bits per heavy atom. The zero-order chi connectivity index (χ0) is 17.1. The van der Waals surface area contributed by atoms with Crippen LogP contribution in [0, 0.1) is 6.92 Å². The maximum Gasteiger partial charge on any atom is 0.295 e. The van der Waals surface area contributed by atoms with Crippen molar-refractivity contribution >= 4 is 46.3 Å². The zero-order valence-electron chi connectivity index (χ0n) is 13.0. The van der Waals surface area contributed by atoms with Crippen molar-refractivity contribution in [2.45, 2.75) is 6.92 Å². The number of anilines is 1. The maximum atomic E-state index is 12.4. The summed E-state index contributed by atoms with van der Waals surface area (Å²) in [5.41, 5.74) is 2.72. The highest BCUT2D eigenvalue weighted by Gasteiger charge is 2.34. The number of carbonyl (C=O) groups excluding carboxylic acids is 2. The molecule has 6 heteroatoms. The van der Waals surface area contributed by atoms with Crippen molar-refractivity contribution in [1.29, 1.82) is 0 Å². The number of benzene rings is 2. The first kappa shape index (κ1) is 16.6. The normalized spacial score (nSPS) is 16.1. The van der Waals surface area contributed by atoms with Gasteiger partial charge >= 0.3 is 0 Å². The van der Waals surface area contributed by atoms with Gasteiger partial charge in [-0.1, -0.05) is 47.5 Å². The van der Waals surface area contributed by atoms with E-state index in [1.165, 1.54) is 4.90 Å². The second-order valence-corrected chi connectivity index (χ2v) is 6.73. The third-order valence-electron chi connectivity index (χ3n) is 3.56. The summed E-state index contributed by atoms with van der Waals surface area (Å²) < 4.78 is 0. The summed E-state index contributed by atoms with van der Waals surface area (Å²) in [6.45, 7) is 2.13. The number of amides is 2. The molecule has 1 aliphatic heterocycles. The Hall–Kier alpha value is -2.24. The fourth-order valence-corrected chi connectivity index (χ4v) is 3.23. The molecule has 0 aliphatic carbocycles. The molecule has 0 bridgehead atoms. The Kier molecular flexibility index (Phi) is 4.92. The summed E-state index contributed by atoms with van der Waals surface area (Å²) in [6, 6.07) is 15.0. The van der Waals surface area contributed by atoms with Gasteiger partial charge < -0.3 is 5.32 Å². The highest BCUT2D eigenvalue weighted by molar-refractivity contribution is 8.18. The maximum absolute atomic E-state index is 12.4. The summed E-state index contributed by atoms with van der Waals surface area (Å²) in [5.74, 6) is -0.315. The summed E-state index contributed by atoms with van der Waals surface area (Å²) in [5, 5.41) is 3.34. The number of aryl methyl sites for hydroxylation is 1.